The third kappa shape index (κ3) is 6.92. The molecular formula is C30H33N3O8. The molecule has 0 spiro atoms. The summed E-state index contributed by atoms with van der Waals surface area (Å²) in [6.45, 7) is 5.13. The first-order chi connectivity index (χ1) is 19.6. The van der Waals surface area contributed by atoms with Crippen LogP contribution < -0.4 is 30.2 Å². The van der Waals surface area contributed by atoms with Gasteiger partial charge in [0.2, 0.25) is 30.4 Å². The van der Waals surface area contributed by atoms with Gasteiger partial charge in [-0.3, -0.25) is 29.3 Å². The van der Waals surface area contributed by atoms with Crippen molar-refractivity contribution in [3.63, 3.8) is 0 Å². The molecule has 1 unspecified atom stereocenters. The van der Waals surface area contributed by atoms with Gasteiger partial charge in [0, 0.05) is 6.08 Å². The monoisotopic (exact) mass is 563 g/mol. The highest BCUT2D eigenvalue weighted by atomic mass is 16.7. The van der Waals surface area contributed by atoms with Crippen molar-refractivity contribution in [2.75, 3.05) is 13.9 Å². The zero-order valence-electron chi connectivity index (χ0n) is 23.3. The minimum absolute atomic E-state index is 0.142. The number of nitrogens with one attached hydrogen (secondary N) is 3. The summed E-state index contributed by atoms with van der Waals surface area (Å²) in [5, 5.41) is 7.76. The van der Waals surface area contributed by atoms with E-state index >= 15 is 0 Å². The Morgan fingerprint density at radius 3 is 2.37 bits per heavy atom. The number of carbonyl (C=O) groups is 5. The summed E-state index contributed by atoms with van der Waals surface area (Å²) in [5.41, 5.74) is 1.37. The van der Waals surface area contributed by atoms with Gasteiger partial charge in [-0.2, -0.15) is 0 Å². The van der Waals surface area contributed by atoms with E-state index in [0.29, 0.717) is 22.8 Å². The van der Waals surface area contributed by atoms with Crippen LogP contribution in [0, 0.1) is 17.8 Å². The molecule has 4 atom stereocenters. The second kappa shape index (κ2) is 12.7. The van der Waals surface area contributed by atoms with E-state index in [9.17, 15) is 24.0 Å². The average Bonchev–Trinajstić information content (AvgIpc) is 3.52. The summed E-state index contributed by atoms with van der Waals surface area (Å²) >= 11 is 0. The van der Waals surface area contributed by atoms with Crippen LogP contribution in [-0.2, 0) is 24.0 Å². The first-order valence-electron chi connectivity index (χ1n) is 13.3. The van der Waals surface area contributed by atoms with E-state index in [2.05, 4.69) is 16.0 Å². The molecule has 41 heavy (non-hydrogen) atoms. The second-order valence-corrected chi connectivity index (χ2v) is 10.3. The van der Waals surface area contributed by atoms with Gasteiger partial charge in [0.1, 0.15) is 11.7 Å². The van der Waals surface area contributed by atoms with Crippen LogP contribution in [-0.4, -0.2) is 49.4 Å². The quantitative estimate of drug-likeness (QED) is 0.214. The number of carbonyl (C=O) groups excluding carboxylic acids is 5. The van der Waals surface area contributed by atoms with Crippen LogP contribution in [0.1, 0.15) is 44.4 Å². The van der Waals surface area contributed by atoms with Crippen LogP contribution in [0.3, 0.4) is 0 Å². The summed E-state index contributed by atoms with van der Waals surface area (Å²) < 4.78 is 15.9. The number of rotatable bonds is 11. The van der Waals surface area contributed by atoms with Gasteiger partial charge in [-0.1, -0.05) is 39.0 Å². The number of hydrogen-bond acceptors (Lipinski definition) is 8. The molecule has 2 heterocycles. The average molecular weight is 564 g/mol. The van der Waals surface area contributed by atoms with Crippen molar-refractivity contribution in [1.82, 2.24) is 16.0 Å². The van der Waals surface area contributed by atoms with E-state index < -0.39 is 53.3 Å². The maximum absolute atomic E-state index is 13.2. The largest absolute Gasteiger partial charge is 0.497 e. The fraction of sp³-hybridized carbons (Fsp3) is 0.367. The van der Waals surface area contributed by atoms with Crippen molar-refractivity contribution < 1.29 is 38.2 Å². The predicted octanol–water partition coefficient (Wildman–Crippen LogP) is 2.30. The molecule has 2 aliphatic rings. The highest BCUT2D eigenvalue weighted by Crippen LogP contribution is 2.33. The highest BCUT2D eigenvalue weighted by Gasteiger charge is 2.46. The number of amides is 4. The predicted molar refractivity (Wildman–Crippen MR) is 148 cm³/mol. The summed E-state index contributed by atoms with van der Waals surface area (Å²) in [6, 6.07) is 10.5. The molecule has 1 fully saturated rings. The molecule has 0 aromatic heterocycles. The van der Waals surface area contributed by atoms with Gasteiger partial charge in [-0.25, -0.2) is 0 Å². The molecular weight excluding hydrogens is 530 g/mol. The van der Waals surface area contributed by atoms with Crippen molar-refractivity contribution in [2.45, 2.75) is 39.3 Å². The first-order valence-corrected chi connectivity index (χ1v) is 13.3. The third-order valence-electron chi connectivity index (χ3n) is 7.09. The lowest BCUT2D eigenvalue weighted by atomic mass is 9.85. The number of ketones is 1. The fourth-order valence-electron chi connectivity index (χ4n) is 4.74. The second-order valence-electron chi connectivity index (χ2n) is 10.3. The molecule has 4 rings (SSSR count). The molecule has 1 saturated heterocycles. The zero-order valence-corrected chi connectivity index (χ0v) is 23.3. The Balaban J connectivity index is 1.48. The topological polar surface area (TPSA) is 149 Å². The minimum Gasteiger partial charge on any atom is -0.497 e. The minimum atomic E-state index is -1.17. The molecule has 2 aromatic carbocycles. The number of methoxy groups -OCH3 is 1. The Morgan fingerprint density at radius 1 is 1.02 bits per heavy atom. The standard InChI is InChI=1S/C30H33N3O8/c1-16(2)27(28(36)26-17(3)29(37)33-30(26)38)32-25(35)14-21(19-7-9-20(39-4)10-8-19)31-24(34)12-6-18-5-11-22-23(13-18)41-15-40-22/h5-13,16-17,21,26-27H,14-15H2,1-4H3,(H,31,34)(H,32,35)(H,33,37,38)/b12-6+/t17-,21?,26+,27-/m0/s1. The number of Topliss-reactive ketones (excluding diaryl/α,β-unsaturated/α-hetero) is 1. The van der Waals surface area contributed by atoms with Crippen LogP contribution in [0.4, 0.5) is 0 Å². The number of fused-ring (bicyclic) bond motifs is 1. The Hall–Kier alpha value is -4.67. The first kappa shape index (κ1) is 29.3. The van der Waals surface area contributed by atoms with Gasteiger partial charge in [-0.05, 0) is 47.4 Å². The van der Waals surface area contributed by atoms with Crippen molar-refractivity contribution >= 4 is 35.5 Å². The number of ether oxygens (including phenoxy) is 3. The Bertz CT molecular complexity index is 1370. The lowest BCUT2D eigenvalue weighted by Gasteiger charge is -2.26. The Morgan fingerprint density at radius 2 is 1.73 bits per heavy atom. The molecule has 2 aliphatic heterocycles. The van der Waals surface area contributed by atoms with Gasteiger partial charge >= 0.3 is 0 Å². The van der Waals surface area contributed by atoms with Crippen LogP contribution in [0.2, 0.25) is 0 Å². The fourth-order valence-corrected chi connectivity index (χ4v) is 4.74. The van der Waals surface area contributed by atoms with Crippen LogP contribution in [0.5, 0.6) is 17.2 Å². The lowest BCUT2D eigenvalue weighted by molar-refractivity contribution is -0.137. The maximum atomic E-state index is 13.2. The number of imide groups is 1. The van der Waals surface area contributed by atoms with Gasteiger partial charge < -0.3 is 24.8 Å². The van der Waals surface area contributed by atoms with Crippen LogP contribution in [0.15, 0.2) is 48.5 Å². The molecule has 4 amide bonds. The van der Waals surface area contributed by atoms with Crippen molar-refractivity contribution in [1.29, 1.82) is 0 Å². The molecule has 0 radical (unpaired) electrons. The van der Waals surface area contributed by atoms with Gasteiger partial charge in [0.05, 0.1) is 31.5 Å². The smallest absolute Gasteiger partial charge is 0.244 e. The third-order valence-corrected chi connectivity index (χ3v) is 7.09. The van der Waals surface area contributed by atoms with Crippen molar-refractivity contribution in [3.8, 4) is 17.2 Å². The van der Waals surface area contributed by atoms with Gasteiger partial charge in [0.15, 0.2) is 17.3 Å². The van der Waals surface area contributed by atoms with E-state index in [0.717, 1.165) is 5.56 Å². The van der Waals surface area contributed by atoms with Gasteiger partial charge in [-0.15, -0.1) is 0 Å². The molecule has 11 heteroatoms. The maximum Gasteiger partial charge on any atom is 0.244 e. The van der Waals surface area contributed by atoms with E-state index in [1.807, 2.05) is 0 Å². The van der Waals surface area contributed by atoms with Crippen LogP contribution in [0.25, 0.3) is 6.08 Å². The van der Waals surface area contributed by atoms with Crippen LogP contribution >= 0.6 is 0 Å². The SMILES string of the molecule is COc1ccc(C(CC(=O)N[C@H](C(=O)[C@@H]2C(=O)NC(=O)[C@H]2C)C(C)C)NC(=O)/C=C/c2ccc3c(c2)OCO3)cc1. The summed E-state index contributed by atoms with van der Waals surface area (Å²) in [6.07, 6.45) is 2.78. The lowest BCUT2D eigenvalue weighted by Crippen LogP contribution is -2.49. The summed E-state index contributed by atoms with van der Waals surface area (Å²) in [5.74, 6) is -3.17. The van der Waals surface area contributed by atoms with E-state index in [1.54, 1.807) is 62.4 Å². The normalized spacial score (nSPS) is 19.1. The molecule has 0 aliphatic carbocycles. The van der Waals surface area contributed by atoms with E-state index in [-0.39, 0.29) is 19.1 Å². The number of hydrogen-bond donors (Lipinski definition) is 3. The van der Waals surface area contributed by atoms with Crippen molar-refractivity contribution in [3.05, 3.63) is 59.7 Å². The summed E-state index contributed by atoms with van der Waals surface area (Å²) in [7, 11) is 1.53. The molecule has 11 nitrogen and oxygen atoms in total. The zero-order chi connectivity index (χ0) is 29.7. The van der Waals surface area contributed by atoms with E-state index in [4.69, 9.17) is 14.2 Å². The molecule has 216 valence electrons. The van der Waals surface area contributed by atoms with E-state index in [1.165, 1.54) is 20.1 Å². The Labute approximate surface area is 237 Å². The molecule has 2 aromatic rings. The summed E-state index contributed by atoms with van der Waals surface area (Å²) in [4.78, 5) is 63.6. The van der Waals surface area contributed by atoms with Gasteiger partial charge in [0.25, 0.3) is 0 Å². The van der Waals surface area contributed by atoms with Crippen molar-refractivity contribution in [2.24, 2.45) is 17.8 Å². The molecule has 0 bridgehead atoms. The molecule has 3 N–H and O–H groups in total. The number of benzene rings is 2. The Kier molecular flexibility index (Phi) is 9.06. The highest BCUT2D eigenvalue weighted by molar-refractivity contribution is 6.16. The molecule has 0 saturated carbocycles.